The fourth-order valence-corrected chi connectivity index (χ4v) is 1.58. The number of nitro benzene ring substituents is 1. The molecule has 1 rings (SSSR count). The van der Waals surface area contributed by atoms with Crippen molar-refractivity contribution in [3.8, 4) is 0 Å². The number of rotatable bonds is 5. The first kappa shape index (κ1) is 14.9. The summed E-state index contributed by atoms with van der Waals surface area (Å²) < 4.78 is 0. The summed E-state index contributed by atoms with van der Waals surface area (Å²) >= 11 is 5.77. The predicted molar refractivity (Wildman–Crippen MR) is 67.3 cm³/mol. The number of nitrogens with zero attached hydrogens (tertiary/aromatic N) is 1. The molecule has 0 aliphatic heterocycles. The van der Waals surface area contributed by atoms with E-state index in [1.165, 1.54) is 6.07 Å². The fraction of sp³-hybridized carbons (Fsp3) is 0.273. The zero-order valence-corrected chi connectivity index (χ0v) is 10.7. The molecule has 1 aromatic carbocycles. The van der Waals surface area contributed by atoms with Gasteiger partial charge in [-0.1, -0.05) is 18.5 Å². The molecule has 0 aromatic heterocycles. The molecule has 1 unspecified atom stereocenters. The molecule has 0 saturated carbocycles. The van der Waals surface area contributed by atoms with Crippen LogP contribution < -0.4 is 5.32 Å². The van der Waals surface area contributed by atoms with Crippen LogP contribution >= 0.6 is 11.6 Å². The molecule has 1 amide bonds. The molecule has 0 aliphatic carbocycles. The van der Waals surface area contributed by atoms with Gasteiger partial charge in [-0.05, 0) is 12.5 Å². The molecule has 0 fully saturated rings. The first-order chi connectivity index (χ1) is 8.86. The molecule has 0 aliphatic rings. The Balaban J connectivity index is 3.02. The maximum absolute atomic E-state index is 11.8. The van der Waals surface area contributed by atoms with E-state index in [-0.39, 0.29) is 22.7 Å². The Bertz CT molecular complexity index is 532. The van der Waals surface area contributed by atoms with Crippen molar-refractivity contribution in [1.29, 1.82) is 0 Å². The lowest BCUT2D eigenvalue weighted by atomic mass is 10.1. The number of amides is 1. The van der Waals surface area contributed by atoms with Crippen molar-refractivity contribution in [2.75, 3.05) is 0 Å². The van der Waals surface area contributed by atoms with Gasteiger partial charge >= 0.3 is 5.97 Å². The molecular weight excluding hydrogens is 276 g/mol. The lowest BCUT2D eigenvalue weighted by Crippen LogP contribution is -2.40. The predicted octanol–water partition coefficient (Wildman–Crippen LogP) is 1.84. The summed E-state index contributed by atoms with van der Waals surface area (Å²) in [5, 5.41) is 21.7. The number of halogens is 1. The van der Waals surface area contributed by atoms with Gasteiger partial charge in [-0.3, -0.25) is 14.9 Å². The van der Waals surface area contributed by atoms with Gasteiger partial charge in [-0.25, -0.2) is 4.79 Å². The number of nitro groups is 1. The molecule has 7 nitrogen and oxygen atoms in total. The first-order valence-corrected chi connectivity index (χ1v) is 5.72. The van der Waals surface area contributed by atoms with Crippen LogP contribution in [0.5, 0.6) is 0 Å². The van der Waals surface area contributed by atoms with Crippen molar-refractivity contribution >= 4 is 29.2 Å². The molecule has 0 radical (unpaired) electrons. The van der Waals surface area contributed by atoms with Crippen LogP contribution in [0.4, 0.5) is 5.69 Å². The Hall–Kier alpha value is -2.15. The van der Waals surface area contributed by atoms with Gasteiger partial charge in [0.15, 0.2) is 0 Å². The van der Waals surface area contributed by atoms with E-state index >= 15 is 0 Å². The van der Waals surface area contributed by atoms with Crippen LogP contribution in [0.1, 0.15) is 23.7 Å². The second-order valence-corrected chi connectivity index (χ2v) is 4.10. The van der Waals surface area contributed by atoms with Gasteiger partial charge in [0.2, 0.25) is 0 Å². The monoisotopic (exact) mass is 286 g/mol. The Morgan fingerprint density at radius 3 is 2.63 bits per heavy atom. The molecule has 1 atom stereocenters. The SMILES string of the molecule is CCC(NC(=O)c1cc([N+](=O)[O-])ccc1Cl)C(=O)O. The summed E-state index contributed by atoms with van der Waals surface area (Å²) in [6.45, 7) is 1.59. The number of hydrogen-bond donors (Lipinski definition) is 2. The lowest BCUT2D eigenvalue weighted by molar-refractivity contribution is -0.384. The number of carbonyl (C=O) groups is 2. The Kier molecular flexibility index (Phi) is 4.82. The van der Waals surface area contributed by atoms with E-state index in [2.05, 4.69) is 5.32 Å². The van der Waals surface area contributed by atoms with Crippen molar-refractivity contribution in [3.05, 3.63) is 38.9 Å². The Morgan fingerprint density at radius 2 is 2.16 bits per heavy atom. The highest BCUT2D eigenvalue weighted by Gasteiger charge is 2.21. The van der Waals surface area contributed by atoms with Crippen molar-refractivity contribution in [2.24, 2.45) is 0 Å². The summed E-state index contributed by atoms with van der Waals surface area (Å²) in [6, 6.07) is 2.32. The molecule has 0 saturated heterocycles. The van der Waals surface area contributed by atoms with E-state index in [1.54, 1.807) is 6.92 Å². The number of carboxylic acids is 1. The molecule has 0 heterocycles. The standard InChI is InChI=1S/C11H11ClN2O5/c1-2-9(11(16)17)13-10(15)7-5-6(14(18)19)3-4-8(7)12/h3-5,9H,2H2,1H3,(H,13,15)(H,16,17). The fourth-order valence-electron chi connectivity index (χ4n) is 1.38. The van der Waals surface area contributed by atoms with Gasteiger partial charge in [0, 0.05) is 12.1 Å². The van der Waals surface area contributed by atoms with Crippen LogP contribution in [0.25, 0.3) is 0 Å². The summed E-state index contributed by atoms with van der Waals surface area (Å²) in [6.07, 6.45) is 0.188. The van der Waals surface area contributed by atoms with E-state index < -0.39 is 22.8 Å². The number of benzene rings is 1. The third-order valence-electron chi connectivity index (χ3n) is 2.42. The third-order valence-corrected chi connectivity index (χ3v) is 2.75. The van der Waals surface area contributed by atoms with E-state index in [0.717, 1.165) is 12.1 Å². The number of aliphatic carboxylic acids is 1. The van der Waals surface area contributed by atoms with Gasteiger partial charge in [0.1, 0.15) is 6.04 Å². The molecule has 1 aromatic rings. The molecule has 2 N–H and O–H groups in total. The lowest BCUT2D eigenvalue weighted by Gasteiger charge is -2.12. The zero-order chi connectivity index (χ0) is 14.6. The number of non-ortho nitro benzene ring substituents is 1. The summed E-state index contributed by atoms with van der Waals surface area (Å²) in [4.78, 5) is 32.6. The van der Waals surface area contributed by atoms with Crippen molar-refractivity contribution < 1.29 is 19.6 Å². The average molecular weight is 287 g/mol. The highest BCUT2D eigenvalue weighted by molar-refractivity contribution is 6.34. The minimum atomic E-state index is -1.18. The molecule has 0 bridgehead atoms. The average Bonchev–Trinajstić information content (AvgIpc) is 2.35. The van der Waals surface area contributed by atoms with Crippen LogP contribution in [-0.4, -0.2) is 27.9 Å². The summed E-state index contributed by atoms with van der Waals surface area (Å²) in [5.41, 5.74) is -0.423. The highest BCUT2D eigenvalue weighted by Crippen LogP contribution is 2.22. The van der Waals surface area contributed by atoms with Crippen molar-refractivity contribution in [1.82, 2.24) is 5.32 Å². The second kappa shape index (κ2) is 6.14. The van der Waals surface area contributed by atoms with Gasteiger partial charge in [-0.15, -0.1) is 0 Å². The smallest absolute Gasteiger partial charge is 0.326 e. The zero-order valence-electron chi connectivity index (χ0n) is 9.92. The Labute approximate surface area is 113 Å². The van der Waals surface area contributed by atoms with E-state index in [1.807, 2.05) is 0 Å². The molecule has 8 heteroatoms. The van der Waals surface area contributed by atoms with Crippen molar-refractivity contribution in [2.45, 2.75) is 19.4 Å². The van der Waals surface area contributed by atoms with Gasteiger partial charge in [-0.2, -0.15) is 0 Å². The minimum Gasteiger partial charge on any atom is -0.480 e. The molecule has 0 spiro atoms. The van der Waals surface area contributed by atoms with Crippen LogP contribution in [-0.2, 0) is 4.79 Å². The van der Waals surface area contributed by atoms with Gasteiger partial charge in [0.05, 0.1) is 15.5 Å². The summed E-state index contributed by atoms with van der Waals surface area (Å²) in [7, 11) is 0. The van der Waals surface area contributed by atoms with E-state index in [4.69, 9.17) is 16.7 Å². The maximum atomic E-state index is 11.8. The van der Waals surface area contributed by atoms with Crippen LogP contribution in [0, 0.1) is 10.1 Å². The van der Waals surface area contributed by atoms with Gasteiger partial charge in [0.25, 0.3) is 11.6 Å². The normalized spacial score (nSPS) is 11.7. The number of carbonyl (C=O) groups excluding carboxylic acids is 1. The summed E-state index contributed by atoms with van der Waals surface area (Å²) in [5.74, 6) is -1.94. The van der Waals surface area contributed by atoms with Crippen LogP contribution in [0.2, 0.25) is 5.02 Å². The molecular formula is C11H11ClN2O5. The third kappa shape index (κ3) is 3.65. The minimum absolute atomic E-state index is 0.0170. The Morgan fingerprint density at radius 1 is 1.53 bits per heavy atom. The van der Waals surface area contributed by atoms with Crippen LogP contribution in [0.3, 0.4) is 0 Å². The number of carboxylic acid groups (broad SMARTS) is 1. The first-order valence-electron chi connectivity index (χ1n) is 5.34. The second-order valence-electron chi connectivity index (χ2n) is 3.69. The molecule has 102 valence electrons. The number of nitrogens with one attached hydrogen (secondary N) is 1. The number of hydrogen-bond acceptors (Lipinski definition) is 4. The van der Waals surface area contributed by atoms with E-state index in [9.17, 15) is 19.7 Å². The van der Waals surface area contributed by atoms with Gasteiger partial charge < -0.3 is 10.4 Å². The largest absolute Gasteiger partial charge is 0.480 e. The maximum Gasteiger partial charge on any atom is 0.326 e. The van der Waals surface area contributed by atoms with Crippen LogP contribution in [0.15, 0.2) is 18.2 Å². The molecule has 19 heavy (non-hydrogen) atoms. The van der Waals surface area contributed by atoms with Crippen molar-refractivity contribution in [3.63, 3.8) is 0 Å². The topological polar surface area (TPSA) is 110 Å². The van der Waals surface area contributed by atoms with E-state index in [0.29, 0.717) is 0 Å². The highest BCUT2D eigenvalue weighted by atomic mass is 35.5. The quantitative estimate of drug-likeness (QED) is 0.634.